The minimum Gasteiger partial charge on any atom is -0.336 e. The molecule has 3 N–H and O–H groups in total. The van der Waals surface area contributed by atoms with E-state index in [0.29, 0.717) is 12.6 Å². The highest BCUT2D eigenvalue weighted by Crippen LogP contribution is 2.16. The van der Waals surface area contributed by atoms with Gasteiger partial charge in [-0.05, 0) is 12.8 Å². The van der Waals surface area contributed by atoms with E-state index in [9.17, 15) is 0 Å². The molecule has 15 heavy (non-hydrogen) atoms. The molecular formula is C11H18N4. The van der Waals surface area contributed by atoms with Crippen molar-refractivity contribution in [2.75, 3.05) is 6.54 Å². The van der Waals surface area contributed by atoms with Crippen LogP contribution in [-0.4, -0.2) is 22.1 Å². The average Bonchev–Trinajstić information content (AvgIpc) is 2.85. The lowest BCUT2D eigenvalue weighted by molar-refractivity contribution is 0.439. The Morgan fingerprint density at radius 2 is 2.33 bits per heavy atom. The molecule has 0 saturated heterocycles. The molecule has 0 aromatic carbocycles. The van der Waals surface area contributed by atoms with Crippen LogP contribution in [0.1, 0.15) is 24.6 Å². The first-order valence-electron chi connectivity index (χ1n) is 5.38. The number of hydrogen-bond acceptors (Lipinski definition) is 3. The summed E-state index contributed by atoms with van der Waals surface area (Å²) in [5.41, 5.74) is 6.94. The fourth-order valence-electron chi connectivity index (χ4n) is 2.02. The first kappa shape index (κ1) is 10.4. The van der Waals surface area contributed by atoms with E-state index in [4.69, 9.17) is 5.73 Å². The first-order valence-corrected chi connectivity index (χ1v) is 5.38. The third-order valence-electron chi connectivity index (χ3n) is 2.89. The molecule has 2 rings (SSSR count). The summed E-state index contributed by atoms with van der Waals surface area (Å²) in [5, 5.41) is 3.56. The molecule has 82 valence electrons. The minimum atomic E-state index is 0.211. The van der Waals surface area contributed by atoms with E-state index in [2.05, 4.69) is 22.5 Å². The molecule has 4 heteroatoms. The van der Waals surface area contributed by atoms with E-state index in [1.54, 1.807) is 0 Å². The molecule has 1 aromatic rings. The summed E-state index contributed by atoms with van der Waals surface area (Å²) in [6.07, 6.45) is 10.3. The van der Waals surface area contributed by atoms with Crippen LogP contribution in [-0.2, 0) is 7.05 Å². The molecule has 0 aliphatic heterocycles. The number of aryl methyl sites for hydroxylation is 1. The van der Waals surface area contributed by atoms with Crippen LogP contribution >= 0.6 is 0 Å². The SMILES string of the molecule is Cn1cncc1C(CN)NC1CC=CC1. The summed E-state index contributed by atoms with van der Waals surface area (Å²) < 4.78 is 2.02. The second-order valence-corrected chi connectivity index (χ2v) is 4.02. The van der Waals surface area contributed by atoms with Crippen molar-refractivity contribution in [2.24, 2.45) is 12.8 Å². The number of aromatic nitrogens is 2. The lowest BCUT2D eigenvalue weighted by Crippen LogP contribution is -2.36. The summed E-state index contributed by atoms with van der Waals surface area (Å²) in [6.45, 7) is 0.607. The third-order valence-corrected chi connectivity index (χ3v) is 2.89. The molecule has 1 aliphatic rings. The van der Waals surface area contributed by atoms with Crippen molar-refractivity contribution in [3.05, 3.63) is 30.4 Å². The molecule has 1 aliphatic carbocycles. The maximum Gasteiger partial charge on any atom is 0.0946 e. The van der Waals surface area contributed by atoms with Crippen molar-refractivity contribution in [1.29, 1.82) is 0 Å². The maximum absolute atomic E-state index is 5.79. The van der Waals surface area contributed by atoms with Gasteiger partial charge < -0.3 is 15.6 Å². The molecule has 1 unspecified atom stereocenters. The number of nitrogens with zero attached hydrogens (tertiary/aromatic N) is 2. The van der Waals surface area contributed by atoms with E-state index < -0.39 is 0 Å². The van der Waals surface area contributed by atoms with Crippen molar-refractivity contribution in [2.45, 2.75) is 24.9 Å². The molecule has 1 atom stereocenters. The quantitative estimate of drug-likeness (QED) is 0.714. The van der Waals surface area contributed by atoms with Gasteiger partial charge in [-0.3, -0.25) is 0 Å². The van der Waals surface area contributed by atoms with Crippen molar-refractivity contribution in [3.63, 3.8) is 0 Å². The van der Waals surface area contributed by atoms with Crippen molar-refractivity contribution in [3.8, 4) is 0 Å². The molecule has 0 amide bonds. The Hall–Kier alpha value is -1.13. The van der Waals surface area contributed by atoms with Gasteiger partial charge in [-0.25, -0.2) is 4.98 Å². The summed E-state index contributed by atoms with van der Waals surface area (Å²) in [4.78, 5) is 4.12. The Kier molecular flexibility index (Phi) is 3.18. The number of rotatable bonds is 4. The molecule has 0 saturated carbocycles. The van der Waals surface area contributed by atoms with Crippen molar-refractivity contribution >= 4 is 0 Å². The van der Waals surface area contributed by atoms with Crippen LogP contribution in [0, 0.1) is 0 Å². The van der Waals surface area contributed by atoms with Gasteiger partial charge in [0.25, 0.3) is 0 Å². The Balaban J connectivity index is 2.01. The van der Waals surface area contributed by atoms with E-state index in [0.717, 1.165) is 18.5 Å². The van der Waals surface area contributed by atoms with Crippen molar-refractivity contribution < 1.29 is 0 Å². The van der Waals surface area contributed by atoms with E-state index in [1.807, 2.05) is 24.1 Å². The van der Waals surface area contributed by atoms with Crippen LogP contribution in [0.2, 0.25) is 0 Å². The Morgan fingerprint density at radius 1 is 1.60 bits per heavy atom. The topological polar surface area (TPSA) is 55.9 Å². The van der Waals surface area contributed by atoms with Gasteiger partial charge in [-0.1, -0.05) is 12.2 Å². The molecule has 0 radical (unpaired) electrons. The number of nitrogens with one attached hydrogen (secondary N) is 1. The zero-order chi connectivity index (χ0) is 10.7. The average molecular weight is 206 g/mol. The summed E-state index contributed by atoms with van der Waals surface area (Å²) in [5.74, 6) is 0. The zero-order valence-electron chi connectivity index (χ0n) is 9.06. The summed E-state index contributed by atoms with van der Waals surface area (Å²) in [7, 11) is 2.00. The van der Waals surface area contributed by atoms with Gasteiger partial charge in [0.1, 0.15) is 0 Å². The predicted octanol–water partition coefficient (Wildman–Crippen LogP) is 0.728. The van der Waals surface area contributed by atoms with Gasteiger partial charge >= 0.3 is 0 Å². The molecule has 1 heterocycles. The van der Waals surface area contributed by atoms with E-state index in [1.165, 1.54) is 0 Å². The van der Waals surface area contributed by atoms with Gasteiger partial charge in [0.15, 0.2) is 0 Å². The highest BCUT2D eigenvalue weighted by molar-refractivity contribution is 5.08. The Morgan fingerprint density at radius 3 is 2.87 bits per heavy atom. The van der Waals surface area contributed by atoms with Gasteiger partial charge in [0.2, 0.25) is 0 Å². The van der Waals surface area contributed by atoms with Gasteiger partial charge in [0.05, 0.1) is 18.1 Å². The molecule has 0 fully saturated rings. The van der Waals surface area contributed by atoms with Crippen LogP contribution < -0.4 is 11.1 Å². The second-order valence-electron chi connectivity index (χ2n) is 4.02. The fraction of sp³-hybridized carbons (Fsp3) is 0.545. The lowest BCUT2D eigenvalue weighted by atomic mass is 10.1. The number of nitrogens with two attached hydrogens (primary N) is 1. The normalized spacial score (nSPS) is 18.5. The third kappa shape index (κ3) is 2.27. The standard InChI is InChI=1S/C11H18N4/c1-15-8-13-7-11(15)10(6-12)14-9-4-2-3-5-9/h2-3,7-10,14H,4-6,12H2,1H3. The van der Waals surface area contributed by atoms with Crippen LogP contribution in [0.3, 0.4) is 0 Å². The van der Waals surface area contributed by atoms with Gasteiger partial charge in [-0.15, -0.1) is 0 Å². The van der Waals surface area contributed by atoms with E-state index >= 15 is 0 Å². The number of imidazole rings is 1. The first-order chi connectivity index (χ1) is 7.31. The number of hydrogen-bond donors (Lipinski definition) is 2. The zero-order valence-corrected chi connectivity index (χ0v) is 9.06. The van der Waals surface area contributed by atoms with Crippen LogP contribution in [0.15, 0.2) is 24.7 Å². The molecule has 1 aromatic heterocycles. The van der Waals surface area contributed by atoms with Gasteiger partial charge in [0, 0.05) is 25.8 Å². The molecular weight excluding hydrogens is 188 g/mol. The largest absolute Gasteiger partial charge is 0.336 e. The fourth-order valence-corrected chi connectivity index (χ4v) is 2.02. The second kappa shape index (κ2) is 4.59. The highest BCUT2D eigenvalue weighted by atomic mass is 15.1. The Labute approximate surface area is 90.2 Å². The maximum atomic E-state index is 5.79. The molecule has 4 nitrogen and oxygen atoms in total. The lowest BCUT2D eigenvalue weighted by Gasteiger charge is -2.21. The highest BCUT2D eigenvalue weighted by Gasteiger charge is 2.18. The molecule has 0 spiro atoms. The van der Waals surface area contributed by atoms with Crippen LogP contribution in [0.5, 0.6) is 0 Å². The molecule has 0 bridgehead atoms. The minimum absolute atomic E-state index is 0.211. The van der Waals surface area contributed by atoms with Crippen molar-refractivity contribution in [1.82, 2.24) is 14.9 Å². The Bertz CT molecular complexity index is 334. The van der Waals surface area contributed by atoms with E-state index in [-0.39, 0.29) is 6.04 Å². The van der Waals surface area contributed by atoms with Crippen LogP contribution in [0.25, 0.3) is 0 Å². The smallest absolute Gasteiger partial charge is 0.0946 e. The monoisotopic (exact) mass is 206 g/mol. The summed E-state index contributed by atoms with van der Waals surface area (Å²) >= 11 is 0. The summed E-state index contributed by atoms with van der Waals surface area (Å²) in [6, 6.07) is 0.746. The van der Waals surface area contributed by atoms with Crippen LogP contribution in [0.4, 0.5) is 0 Å². The predicted molar refractivity (Wildman–Crippen MR) is 60.3 cm³/mol. The van der Waals surface area contributed by atoms with Gasteiger partial charge in [-0.2, -0.15) is 0 Å².